The summed E-state index contributed by atoms with van der Waals surface area (Å²) in [4.78, 5) is 4.18. The smallest absolute Gasteiger partial charge is 0.131 e. The number of rotatable bonds is 4. The minimum Gasteiger partial charge on any atom is -0.328 e. The Balaban J connectivity index is 2.09. The molecular weight excluding hydrogens is 259 g/mol. The Morgan fingerprint density at radius 2 is 2.27 bits per heavy atom. The second-order valence-electron chi connectivity index (χ2n) is 4.16. The average molecular weight is 273 g/mol. The van der Waals surface area contributed by atoms with Crippen molar-refractivity contribution < 1.29 is 4.39 Å². The molecule has 1 aliphatic carbocycles. The molecule has 1 aromatic rings. The van der Waals surface area contributed by atoms with Gasteiger partial charge in [0.15, 0.2) is 0 Å². The minimum atomic E-state index is -1.25. The standard InChI is InChI=1S/C11H14BrFN2/c12-9-3-4-10(15-6-9)5-11(13,7-14)8-1-2-8/h3-4,6,8H,1-2,5,7,14H2. The Morgan fingerprint density at radius 3 is 2.73 bits per heavy atom. The van der Waals surface area contributed by atoms with E-state index in [1.54, 1.807) is 6.20 Å². The third-order valence-electron chi connectivity index (χ3n) is 2.91. The third kappa shape index (κ3) is 2.55. The number of aromatic nitrogens is 1. The van der Waals surface area contributed by atoms with Crippen LogP contribution in [0.1, 0.15) is 18.5 Å². The quantitative estimate of drug-likeness (QED) is 0.915. The fraction of sp³-hybridized carbons (Fsp3) is 0.545. The highest BCUT2D eigenvalue weighted by Gasteiger charge is 2.44. The molecule has 0 bridgehead atoms. The Bertz CT molecular complexity index is 337. The normalized spacial score (nSPS) is 19.9. The van der Waals surface area contributed by atoms with Crippen LogP contribution >= 0.6 is 15.9 Å². The molecule has 1 atom stereocenters. The molecule has 1 saturated carbocycles. The van der Waals surface area contributed by atoms with Crippen molar-refractivity contribution in [3.05, 3.63) is 28.5 Å². The van der Waals surface area contributed by atoms with E-state index in [2.05, 4.69) is 20.9 Å². The second kappa shape index (κ2) is 4.18. The Kier molecular flexibility index (Phi) is 3.07. The minimum absolute atomic E-state index is 0.0927. The topological polar surface area (TPSA) is 38.9 Å². The maximum absolute atomic E-state index is 14.3. The van der Waals surface area contributed by atoms with Crippen molar-refractivity contribution in [2.75, 3.05) is 6.54 Å². The summed E-state index contributed by atoms with van der Waals surface area (Å²) in [5.41, 5.74) is 5.04. The van der Waals surface area contributed by atoms with Gasteiger partial charge in [-0.3, -0.25) is 4.98 Å². The van der Waals surface area contributed by atoms with Crippen molar-refractivity contribution in [2.45, 2.75) is 24.9 Å². The zero-order chi connectivity index (χ0) is 10.9. The molecule has 0 amide bonds. The first-order valence-electron chi connectivity index (χ1n) is 5.13. The molecule has 0 saturated heterocycles. The van der Waals surface area contributed by atoms with Crippen LogP contribution in [-0.2, 0) is 6.42 Å². The van der Waals surface area contributed by atoms with E-state index in [0.29, 0.717) is 6.42 Å². The van der Waals surface area contributed by atoms with E-state index in [4.69, 9.17) is 5.73 Å². The lowest BCUT2D eigenvalue weighted by atomic mass is 9.94. The summed E-state index contributed by atoms with van der Waals surface area (Å²) in [5.74, 6) is 0.146. The Morgan fingerprint density at radius 1 is 1.53 bits per heavy atom. The van der Waals surface area contributed by atoms with E-state index in [1.807, 2.05) is 12.1 Å². The highest BCUT2D eigenvalue weighted by molar-refractivity contribution is 9.10. The summed E-state index contributed by atoms with van der Waals surface area (Å²) in [6.45, 7) is 0.0927. The number of halogens is 2. The van der Waals surface area contributed by atoms with Crippen molar-refractivity contribution in [1.82, 2.24) is 4.98 Å². The summed E-state index contributed by atoms with van der Waals surface area (Å²) in [7, 11) is 0. The van der Waals surface area contributed by atoms with Gasteiger partial charge in [0, 0.05) is 29.3 Å². The van der Waals surface area contributed by atoms with Crippen molar-refractivity contribution in [3.63, 3.8) is 0 Å². The molecule has 1 aromatic heterocycles. The molecule has 0 aromatic carbocycles. The average Bonchev–Trinajstić information content (AvgIpc) is 3.05. The van der Waals surface area contributed by atoms with E-state index in [-0.39, 0.29) is 12.5 Å². The molecule has 0 radical (unpaired) electrons. The summed E-state index contributed by atoms with van der Waals surface area (Å²) >= 11 is 3.30. The van der Waals surface area contributed by atoms with E-state index < -0.39 is 5.67 Å². The van der Waals surface area contributed by atoms with Crippen LogP contribution in [0.2, 0.25) is 0 Å². The van der Waals surface area contributed by atoms with Gasteiger partial charge in [0.2, 0.25) is 0 Å². The van der Waals surface area contributed by atoms with Crippen LogP contribution in [0.4, 0.5) is 4.39 Å². The van der Waals surface area contributed by atoms with Crippen LogP contribution < -0.4 is 5.73 Å². The molecule has 2 N–H and O–H groups in total. The molecule has 2 rings (SSSR count). The molecular formula is C11H14BrFN2. The molecule has 2 nitrogen and oxygen atoms in total. The van der Waals surface area contributed by atoms with Crippen molar-refractivity contribution >= 4 is 15.9 Å². The molecule has 0 spiro atoms. The van der Waals surface area contributed by atoms with Gasteiger partial charge in [0.25, 0.3) is 0 Å². The van der Waals surface area contributed by atoms with Crippen LogP contribution in [0, 0.1) is 5.92 Å². The molecule has 1 aliphatic rings. The second-order valence-corrected chi connectivity index (χ2v) is 5.07. The van der Waals surface area contributed by atoms with Crippen LogP contribution in [0.3, 0.4) is 0 Å². The summed E-state index contributed by atoms with van der Waals surface area (Å²) in [6, 6.07) is 3.72. The van der Waals surface area contributed by atoms with Crippen molar-refractivity contribution in [1.29, 1.82) is 0 Å². The third-order valence-corrected chi connectivity index (χ3v) is 3.38. The van der Waals surface area contributed by atoms with E-state index in [9.17, 15) is 4.39 Å². The van der Waals surface area contributed by atoms with Gasteiger partial charge in [-0.25, -0.2) is 4.39 Å². The van der Waals surface area contributed by atoms with Crippen molar-refractivity contribution in [3.8, 4) is 0 Å². The van der Waals surface area contributed by atoms with Gasteiger partial charge < -0.3 is 5.73 Å². The van der Waals surface area contributed by atoms with Crippen LogP contribution in [-0.4, -0.2) is 17.2 Å². The zero-order valence-electron chi connectivity index (χ0n) is 8.42. The molecule has 1 fully saturated rings. The molecule has 15 heavy (non-hydrogen) atoms. The van der Waals surface area contributed by atoms with Crippen LogP contribution in [0.5, 0.6) is 0 Å². The van der Waals surface area contributed by atoms with Crippen LogP contribution in [0.15, 0.2) is 22.8 Å². The molecule has 1 heterocycles. The number of nitrogens with zero attached hydrogens (tertiary/aromatic N) is 1. The summed E-state index contributed by atoms with van der Waals surface area (Å²) in [5, 5.41) is 0. The predicted molar refractivity (Wildman–Crippen MR) is 61.3 cm³/mol. The molecule has 1 unspecified atom stereocenters. The Hall–Kier alpha value is -0.480. The van der Waals surface area contributed by atoms with Gasteiger partial charge in [0.05, 0.1) is 0 Å². The SMILES string of the molecule is NCC(F)(Cc1ccc(Br)cn1)C1CC1. The van der Waals surface area contributed by atoms with Crippen LogP contribution in [0.25, 0.3) is 0 Å². The fourth-order valence-corrected chi connectivity index (χ4v) is 2.03. The molecule has 82 valence electrons. The van der Waals surface area contributed by atoms with E-state index in [0.717, 1.165) is 23.0 Å². The largest absolute Gasteiger partial charge is 0.328 e. The van der Waals surface area contributed by atoms with Gasteiger partial charge in [0.1, 0.15) is 5.67 Å². The Labute approximate surface area is 97.2 Å². The maximum Gasteiger partial charge on any atom is 0.131 e. The zero-order valence-corrected chi connectivity index (χ0v) is 10.0. The highest BCUT2D eigenvalue weighted by atomic mass is 79.9. The number of nitrogens with two attached hydrogens (primary N) is 1. The maximum atomic E-state index is 14.3. The highest BCUT2D eigenvalue weighted by Crippen LogP contribution is 2.43. The first kappa shape index (κ1) is 11.0. The number of alkyl halides is 1. The van der Waals surface area contributed by atoms with Gasteiger partial charge in [-0.2, -0.15) is 0 Å². The van der Waals surface area contributed by atoms with E-state index in [1.165, 1.54) is 0 Å². The van der Waals surface area contributed by atoms with Crippen molar-refractivity contribution in [2.24, 2.45) is 11.7 Å². The lowest BCUT2D eigenvalue weighted by molar-refractivity contribution is 0.141. The number of hydrogen-bond acceptors (Lipinski definition) is 2. The summed E-state index contributed by atoms with van der Waals surface area (Å²) in [6.07, 6.45) is 3.95. The fourth-order valence-electron chi connectivity index (χ4n) is 1.80. The predicted octanol–water partition coefficient (Wildman–Crippen LogP) is 2.46. The number of pyridine rings is 1. The monoisotopic (exact) mass is 272 g/mol. The van der Waals surface area contributed by atoms with Gasteiger partial charge >= 0.3 is 0 Å². The van der Waals surface area contributed by atoms with Gasteiger partial charge in [-0.05, 0) is 46.8 Å². The van der Waals surface area contributed by atoms with E-state index >= 15 is 0 Å². The first-order valence-corrected chi connectivity index (χ1v) is 5.93. The summed E-state index contributed by atoms with van der Waals surface area (Å²) < 4.78 is 15.2. The van der Waals surface area contributed by atoms with Gasteiger partial charge in [-0.15, -0.1) is 0 Å². The molecule has 0 aliphatic heterocycles. The lowest BCUT2D eigenvalue weighted by Gasteiger charge is -2.22. The lowest BCUT2D eigenvalue weighted by Crippen LogP contribution is -2.37. The first-order chi connectivity index (χ1) is 7.14. The molecule has 4 heteroatoms. The van der Waals surface area contributed by atoms with Gasteiger partial charge in [-0.1, -0.05) is 0 Å². The number of hydrogen-bond donors (Lipinski definition) is 1.